The van der Waals surface area contributed by atoms with Crippen molar-refractivity contribution in [1.29, 1.82) is 0 Å². The summed E-state index contributed by atoms with van der Waals surface area (Å²) in [4.78, 5) is 43.7. The number of benzene rings is 2. The van der Waals surface area contributed by atoms with Crippen LogP contribution >= 0.6 is 0 Å². The summed E-state index contributed by atoms with van der Waals surface area (Å²) in [5.41, 5.74) is 3.25. The molecule has 10 heteroatoms. The molecule has 5 rings (SSSR count). The van der Waals surface area contributed by atoms with Gasteiger partial charge < -0.3 is 9.72 Å². The fourth-order valence-electron chi connectivity index (χ4n) is 4.69. The third-order valence-electron chi connectivity index (χ3n) is 6.31. The summed E-state index contributed by atoms with van der Waals surface area (Å²) in [7, 11) is 0. The Morgan fingerprint density at radius 1 is 1.12 bits per heavy atom. The summed E-state index contributed by atoms with van der Waals surface area (Å²) < 4.78 is 42.0. The standard InChI is InChI=1S/C24H20F3N3O4/c1-13(31)14-2-4-15(5-3-14)30-22(32)11-21(23(30)33)29-9-8-20-18(12-29)17-10-16(34-24(25,26)27)6-7-19(17)28-20/h2-7,10,21,28H,8-9,11-12H2,1H3/t21-/m1/s1. The number of H-pyrrole nitrogens is 1. The highest BCUT2D eigenvalue weighted by Gasteiger charge is 2.43. The summed E-state index contributed by atoms with van der Waals surface area (Å²) >= 11 is 0. The number of nitrogens with zero attached hydrogens (tertiary/aromatic N) is 2. The fraction of sp³-hybridized carbons (Fsp3) is 0.292. The predicted octanol–water partition coefficient (Wildman–Crippen LogP) is 3.96. The van der Waals surface area contributed by atoms with Crippen molar-refractivity contribution < 1.29 is 32.3 Å². The zero-order chi connectivity index (χ0) is 24.2. The van der Waals surface area contributed by atoms with Gasteiger partial charge in [0.1, 0.15) is 5.75 Å². The molecule has 0 aliphatic carbocycles. The quantitative estimate of drug-likeness (QED) is 0.460. The molecule has 3 heterocycles. The maximum atomic E-state index is 13.2. The van der Waals surface area contributed by atoms with Crippen LogP contribution < -0.4 is 9.64 Å². The van der Waals surface area contributed by atoms with E-state index in [1.165, 1.54) is 25.1 Å². The fourth-order valence-corrected chi connectivity index (χ4v) is 4.69. The molecule has 3 aromatic rings. The minimum Gasteiger partial charge on any atom is -0.406 e. The second kappa shape index (κ2) is 7.98. The molecule has 2 aliphatic rings. The minimum absolute atomic E-state index is 0.00736. The van der Waals surface area contributed by atoms with Crippen LogP contribution in [0.4, 0.5) is 18.9 Å². The molecule has 0 bridgehead atoms. The Labute approximate surface area is 192 Å². The zero-order valence-corrected chi connectivity index (χ0v) is 18.1. The number of imide groups is 1. The van der Waals surface area contributed by atoms with Gasteiger partial charge in [0.2, 0.25) is 5.91 Å². The van der Waals surface area contributed by atoms with Gasteiger partial charge in [0, 0.05) is 41.7 Å². The Kier molecular flexibility index (Phi) is 5.20. The Hall–Kier alpha value is -3.66. The average Bonchev–Trinajstić information content (AvgIpc) is 3.28. The van der Waals surface area contributed by atoms with E-state index < -0.39 is 12.4 Å². The lowest BCUT2D eigenvalue weighted by Gasteiger charge is -2.31. The van der Waals surface area contributed by atoms with Gasteiger partial charge in [0.25, 0.3) is 5.91 Å². The summed E-state index contributed by atoms with van der Waals surface area (Å²) in [6.07, 6.45) is -4.23. The normalized spacial score (nSPS) is 19.1. The lowest BCUT2D eigenvalue weighted by atomic mass is 10.0. The Morgan fingerprint density at radius 3 is 2.53 bits per heavy atom. The number of carbonyl (C=O) groups is 3. The van der Waals surface area contributed by atoms with Gasteiger partial charge in [0.15, 0.2) is 5.78 Å². The minimum atomic E-state index is -4.79. The first-order chi connectivity index (χ1) is 16.1. The topological polar surface area (TPSA) is 82.7 Å². The smallest absolute Gasteiger partial charge is 0.406 e. The lowest BCUT2D eigenvalue weighted by Crippen LogP contribution is -2.44. The van der Waals surface area contributed by atoms with E-state index in [0.29, 0.717) is 41.7 Å². The molecule has 1 fully saturated rings. The van der Waals surface area contributed by atoms with E-state index in [0.717, 1.165) is 16.2 Å². The molecule has 2 aromatic carbocycles. The average molecular weight is 471 g/mol. The number of ether oxygens (including phenoxy) is 1. The van der Waals surface area contributed by atoms with Crippen molar-refractivity contribution in [2.75, 3.05) is 11.4 Å². The highest BCUT2D eigenvalue weighted by Crippen LogP contribution is 2.35. The van der Waals surface area contributed by atoms with Gasteiger partial charge in [-0.15, -0.1) is 13.2 Å². The molecule has 2 aliphatic heterocycles. The van der Waals surface area contributed by atoms with E-state index in [1.54, 1.807) is 24.3 Å². The number of nitrogens with one attached hydrogen (secondary N) is 1. The highest BCUT2D eigenvalue weighted by molar-refractivity contribution is 6.22. The van der Waals surface area contributed by atoms with Gasteiger partial charge in [-0.3, -0.25) is 19.3 Å². The molecule has 7 nitrogen and oxygen atoms in total. The zero-order valence-electron chi connectivity index (χ0n) is 18.1. The number of aromatic nitrogens is 1. The number of halogens is 3. The maximum Gasteiger partial charge on any atom is 0.573 e. The van der Waals surface area contributed by atoms with Gasteiger partial charge in [0.05, 0.1) is 18.2 Å². The van der Waals surface area contributed by atoms with Crippen LogP contribution in [0.2, 0.25) is 0 Å². The van der Waals surface area contributed by atoms with Crippen LogP contribution in [0.15, 0.2) is 42.5 Å². The molecule has 34 heavy (non-hydrogen) atoms. The Bertz CT molecular complexity index is 1310. The summed E-state index contributed by atoms with van der Waals surface area (Å²) in [6.45, 7) is 2.27. The number of hydrogen-bond donors (Lipinski definition) is 1. The van der Waals surface area contributed by atoms with Crippen molar-refractivity contribution in [3.8, 4) is 5.75 Å². The molecule has 0 unspecified atom stereocenters. The third-order valence-corrected chi connectivity index (χ3v) is 6.31. The van der Waals surface area contributed by atoms with Crippen molar-refractivity contribution in [3.63, 3.8) is 0 Å². The molecule has 1 saturated heterocycles. The lowest BCUT2D eigenvalue weighted by molar-refractivity contribution is -0.274. The number of hydrogen-bond acceptors (Lipinski definition) is 5. The summed E-state index contributed by atoms with van der Waals surface area (Å²) in [5.74, 6) is -1.12. The first-order valence-electron chi connectivity index (χ1n) is 10.7. The van der Waals surface area contributed by atoms with Crippen molar-refractivity contribution in [3.05, 3.63) is 59.3 Å². The molecule has 0 saturated carbocycles. The highest BCUT2D eigenvalue weighted by atomic mass is 19.4. The third kappa shape index (κ3) is 3.94. The van der Waals surface area contributed by atoms with Crippen molar-refractivity contribution in [2.45, 2.75) is 38.7 Å². The number of ketones is 1. The van der Waals surface area contributed by atoms with Crippen molar-refractivity contribution in [2.24, 2.45) is 0 Å². The van der Waals surface area contributed by atoms with E-state index in [9.17, 15) is 27.6 Å². The van der Waals surface area contributed by atoms with Gasteiger partial charge in [-0.1, -0.05) is 0 Å². The van der Waals surface area contributed by atoms with Gasteiger partial charge >= 0.3 is 6.36 Å². The largest absolute Gasteiger partial charge is 0.573 e. The molecular formula is C24H20F3N3O4. The van der Waals surface area contributed by atoms with Gasteiger partial charge in [-0.05, 0) is 55.0 Å². The first kappa shape index (κ1) is 22.1. The van der Waals surface area contributed by atoms with Crippen LogP contribution in [-0.4, -0.2) is 46.4 Å². The number of anilines is 1. The number of aromatic amines is 1. The SMILES string of the molecule is CC(=O)c1ccc(N2C(=O)C[C@@H](N3CCc4[nH]c5ccc(OC(F)(F)F)cc5c4C3)C2=O)cc1. The van der Waals surface area contributed by atoms with Crippen LogP contribution in [0.25, 0.3) is 10.9 Å². The molecule has 2 amide bonds. The molecule has 176 valence electrons. The van der Waals surface area contributed by atoms with Crippen LogP contribution in [0.5, 0.6) is 5.75 Å². The van der Waals surface area contributed by atoms with E-state index >= 15 is 0 Å². The molecule has 1 N–H and O–H groups in total. The second-order valence-electron chi connectivity index (χ2n) is 8.45. The number of alkyl halides is 3. The number of rotatable bonds is 4. The van der Waals surface area contributed by atoms with Crippen LogP contribution in [0.1, 0.15) is 35.0 Å². The van der Waals surface area contributed by atoms with Crippen LogP contribution in [0.3, 0.4) is 0 Å². The summed E-state index contributed by atoms with van der Waals surface area (Å²) in [5, 5.41) is 0.593. The first-order valence-corrected chi connectivity index (χ1v) is 10.7. The molecule has 1 aromatic heterocycles. The van der Waals surface area contributed by atoms with E-state index in [2.05, 4.69) is 9.72 Å². The Balaban J connectivity index is 1.39. The molecule has 0 spiro atoms. The molecule has 1 atom stereocenters. The van der Waals surface area contributed by atoms with Crippen LogP contribution in [-0.2, 0) is 22.6 Å². The number of carbonyl (C=O) groups excluding carboxylic acids is 3. The molecule has 0 radical (unpaired) electrons. The maximum absolute atomic E-state index is 13.2. The van der Waals surface area contributed by atoms with Gasteiger partial charge in [-0.25, -0.2) is 4.90 Å². The van der Waals surface area contributed by atoms with E-state index in [4.69, 9.17) is 0 Å². The number of Topliss-reactive ketones (excluding diaryl/α,β-unsaturated/α-hetero) is 1. The molecular weight excluding hydrogens is 451 g/mol. The second-order valence-corrected chi connectivity index (χ2v) is 8.45. The van der Waals surface area contributed by atoms with Crippen LogP contribution in [0, 0.1) is 0 Å². The Morgan fingerprint density at radius 2 is 1.85 bits per heavy atom. The number of fused-ring (bicyclic) bond motifs is 3. The summed E-state index contributed by atoms with van der Waals surface area (Å²) in [6, 6.07) is 9.76. The van der Waals surface area contributed by atoms with E-state index in [-0.39, 0.29) is 29.8 Å². The van der Waals surface area contributed by atoms with Gasteiger partial charge in [-0.2, -0.15) is 0 Å². The van der Waals surface area contributed by atoms with E-state index in [1.807, 2.05) is 4.90 Å². The predicted molar refractivity (Wildman–Crippen MR) is 116 cm³/mol. The van der Waals surface area contributed by atoms with Crippen molar-refractivity contribution in [1.82, 2.24) is 9.88 Å². The number of amides is 2. The monoisotopic (exact) mass is 471 g/mol. The van der Waals surface area contributed by atoms with Crippen molar-refractivity contribution >= 4 is 34.2 Å².